The molecule has 6 nitrogen and oxygen atoms in total. The van der Waals surface area contributed by atoms with Crippen LogP contribution in [0.5, 0.6) is 0 Å². The van der Waals surface area contributed by atoms with Gasteiger partial charge in [-0.2, -0.15) is 0 Å². The van der Waals surface area contributed by atoms with Gasteiger partial charge in [0.05, 0.1) is 30.5 Å². The summed E-state index contributed by atoms with van der Waals surface area (Å²) in [6, 6.07) is 0.209. The van der Waals surface area contributed by atoms with Gasteiger partial charge >= 0.3 is 0 Å². The molecule has 6 aliphatic rings. The lowest BCUT2D eigenvalue weighted by Gasteiger charge is -2.67. The van der Waals surface area contributed by atoms with E-state index in [1.807, 2.05) is 7.11 Å². The summed E-state index contributed by atoms with van der Waals surface area (Å²) in [5.41, 5.74) is -1.09. The summed E-state index contributed by atoms with van der Waals surface area (Å²) in [7, 11) is 3.54. The van der Waals surface area contributed by atoms with Crippen molar-refractivity contribution in [2.24, 2.45) is 40.4 Å². The quantitative estimate of drug-likeness (QED) is 0.558. The second-order valence-electron chi connectivity index (χ2n) is 10.5. The molecular formula is C21H33NO5. The average Bonchev–Trinajstić information content (AvgIpc) is 3.05. The summed E-state index contributed by atoms with van der Waals surface area (Å²) in [5, 5.41) is 37.5. The monoisotopic (exact) mass is 379 g/mol. The van der Waals surface area contributed by atoms with Gasteiger partial charge in [-0.05, 0) is 37.5 Å². The highest BCUT2D eigenvalue weighted by molar-refractivity contribution is 5.32. The Bertz CT molecular complexity index is 660. The molecule has 0 aromatic rings. The van der Waals surface area contributed by atoms with Crippen LogP contribution in [0.4, 0.5) is 0 Å². The first kappa shape index (κ1) is 17.6. The van der Waals surface area contributed by atoms with E-state index in [0.29, 0.717) is 12.3 Å². The summed E-state index contributed by atoms with van der Waals surface area (Å²) in [6.45, 7) is 1.03. The Morgan fingerprint density at radius 2 is 1.96 bits per heavy atom. The molecule has 1 saturated heterocycles. The summed E-state index contributed by atoms with van der Waals surface area (Å²) < 4.78 is 11.9. The zero-order chi connectivity index (χ0) is 18.8. The van der Waals surface area contributed by atoms with Crippen LogP contribution in [0.15, 0.2) is 0 Å². The fourth-order valence-electron chi connectivity index (χ4n) is 9.72. The van der Waals surface area contributed by atoms with Gasteiger partial charge in [0.2, 0.25) is 0 Å². The van der Waals surface area contributed by atoms with Gasteiger partial charge in [0, 0.05) is 61.8 Å². The second kappa shape index (κ2) is 5.27. The summed E-state index contributed by atoms with van der Waals surface area (Å²) in [4.78, 5) is 0. The molecule has 5 saturated carbocycles. The maximum absolute atomic E-state index is 12.0. The molecule has 6 heteroatoms. The Morgan fingerprint density at radius 1 is 1.15 bits per heavy atom. The van der Waals surface area contributed by atoms with E-state index < -0.39 is 11.7 Å². The van der Waals surface area contributed by atoms with E-state index in [0.717, 1.165) is 32.2 Å². The third kappa shape index (κ3) is 1.65. The van der Waals surface area contributed by atoms with Gasteiger partial charge in [0.15, 0.2) is 0 Å². The molecule has 1 heterocycles. The molecular weight excluding hydrogens is 346 g/mol. The van der Waals surface area contributed by atoms with Gasteiger partial charge in [0.1, 0.15) is 0 Å². The molecule has 4 unspecified atom stereocenters. The van der Waals surface area contributed by atoms with Crippen LogP contribution in [0.1, 0.15) is 32.1 Å². The number of fused-ring (bicyclic) bond motifs is 2. The van der Waals surface area contributed by atoms with Crippen molar-refractivity contribution in [3.63, 3.8) is 0 Å². The second-order valence-corrected chi connectivity index (χ2v) is 10.5. The van der Waals surface area contributed by atoms with Crippen molar-refractivity contribution in [3.05, 3.63) is 0 Å². The number of aliphatic hydroxyl groups is 3. The van der Waals surface area contributed by atoms with Gasteiger partial charge in [0.25, 0.3) is 0 Å². The largest absolute Gasteiger partial charge is 0.396 e. The third-order valence-electron chi connectivity index (χ3n) is 10.4. The van der Waals surface area contributed by atoms with Gasteiger partial charge in [-0.3, -0.25) is 0 Å². The van der Waals surface area contributed by atoms with Crippen LogP contribution in [-0.2, 0) is 9.47 Å². The van der Waals surface area contributed by atoms with Crippen molar-refractivity contribution in [2.45, 2.75) is 62.1 Å². The minimum Gasteiger partial charge on any atom is -0.396 e. The molecule has 6 rings (SSSR count). The van der Waals surface area contributed by atoms with Crippen LogP contribution in [-0.4, -0.2) is 72.6 Å². The van der Waals surface area contributed by atoms with E-state index in [4.69, 9.17) is 9.47 Å². The molecule has 0 amide bonds. The van der Waals surface area contributed by atoms with Crippen molar-refractivity contribution in [1.29, 1.82) is 0 Å². The van der Waals surface area contributed by atoms with Crippen LogP contribution in [0, 0.1) is 40.4 Å². The molecule has 1 spiro atoms. The van der Waals surface area contributed by atoms with E-state index in [1.54, 1.807) is 7.11 Å². The van der Waals surface area contributed by atoms with Crippen LogP contribution in [0.3, 0.4) is 0 Å². The van der Waals surface area contributed by atoms with Crippen LogP contribution < -0.4 is 5.32 Å². The van der Waals surface area contributed by atoms with Crippen molar-refractivity contribution in [1.82, 2.24) is 5.32 Å². The molecule has 12 atom stereocenters. The number of piperidine rings is 1. The predicted octanol–water partition coefficient (Wildman–Crippen LogP) is 0.145. The predicted molar refractivity (Wildman–Crippen MR) is 96.8 cm³/mol. The molecule has 1 aliphatic heterocycles. The van der Waals surface area contributed by atoms with Crippen LogP contribution in [0.2, 0.25) is 0 Å². The van der Waals surface area contributed by atoms with Crippen molar-refractivity contribution in [2.75, 3.05) is 27.4 Å². The first-order chi connectivity index (χ1) is 13.0. The van der Waals surface area contributed by atoms with E-state index in [-0.39, 0.29) is 59.4 Å². The van der Waals surface area contributed by atoms with E-state index >= 15 is 0 Å². The van der Waals surface area contributed by atoms with Gasteiger partial charge in [-0.1, -0.05) is 0 Å². The number of hydrogen-bond donors (Lipinski definition) is 4. The van der Waals surface area contributed by atoms with Crippen LogP contribution in [0.25, 0.3) is 0 Å². The Hall–Kier alpha value is -0.240. The zero-order valence-electron chi connectivity index (χ0n) is 16.3. The van der Waals surface area contributed by atoms with E-state index in [9.17, 15) is 15.3 Å². The number of aliphatic hydroxyl groups excluding tert-OH is 2. The fraction of sp³-hybridized carbons (Fsp3) is 1.00. The lowest BCUT2D eigenvalue weighted by molar-refractivity contribution is -0.249. The standard InChI is InChI=1S/C21H33NO5/c1-26-13-7-20(25)12-6-14-19(9-23)4-3-15(27-2)21(14,18(12)22-8-19)11-5-10(13)17(24)16(11)20/h10-18,22-25H,3-9H2,1-2H3/t10-,11?,12?,13+,14?,15+,16?,17+,18-,19+,20+,21-/m1/s1. The molecule has 7 bridgehead atoms. The molecule has 6 fully saturated rings. The highest BCUT2D eigenvalue weighted by Gasteiger charge is 2.82. The van der Waals surface area contributed by atoms with E-state index in [1.165, 1.54) is 0 Å². The average molecular weight is 379 g/mol. The molecule has 0 aromatic carbocycles. The molecule has 4 N–H and O–H groups in total. The van der Waals surface area contributed by atoms with Crippen molar-refractivity contribution >= 4 is 0 Å². The van der Waals surface area contributed by atoms with Crippen LogP contribution >= 0.6 is 0 Å². The van der Waals surface area contributed by atoms with Gasteiger partial charge in [-0.25, -0.2) is 0 Å². The minimum atomic E-state index is -0.887. The maximum atomic E-state index is 12.0. The third-order valence-corrected chi connectivity index (χ3v) is 10.4. The lowest BCUT2D eigenvalue weighted by atomic mass is 9.43. The summed E-state index contributed by atoms with van der Waals surface area (Å²) in [6.07, 6.45) is 3.95. The lowest BCUT2D eigenvalue weighted by Crippen LogP contribution is -2.76. The number of nitrogens with one attached hydrogen (secondary N) is 1. The summed E-state index contributed by atoms with van der Waals surface area (Å²) in [5.74, 6) is 0.686. The fourth-order valence-corrected chi connectivity index (χ4v) is 9.72. The molecule has 0 aromatic heterocycles. The Labute approximate surface area is 160 Å². The molecule has 152 valence electrons. The minimum absolute atomic E-state index is 0.0750. The highest BCUT2D eigenvalue weighted by Crippen LogP contribution is 2.77. The first-order valence-electron chi connectivity index (χ1n) is 10.8. The molecule has 5 aliphatic carbocycles. The van der Waals surface area contributed by atoms with E-state index in [2.05, 4.69) is 5.32 Å². The molecule has 27 heavy (non-hydrogen) atoms. The smallest absolute Gasteiger partial charge is 0.0771 e. The normalized spacial score (nSPS) is 65.4. The summed E-state index contributed by atoms with van der Waals surface area (Å²) >= 11 is 0. The topological polar surface area (TPSA) is 91.2 Å². The van der Waals surface area contributed by atoms with Gasteiger partial charge < -0.3 is 30.1 Å². The Morgan fingerprint density at radius 3 is 2.67 bits per heavy atom. The molecule has 0 radical (unpaired) electrons. The maximum Gasteiger partial charge on any atom is 0.0771 e. The highest BCUT2D eigenvalue weighted by atomic mass is 16.5. The number of methoxy groups -OCH3 is 2. The zero-order valence-corrected chi connectivity index (χ0v) is 16.3. The Balaban J connectivity index is 1.57. The number of rotatable bonds is 3. The number of hydrogen-bond acceptors (Lipinski definition) is 6. The first-order valence-corrected chi connectivity index (χ1v) is 10.8. The number of ether oxygens (including phenoxy) is 2. The van der Waals surface area contributed by atoms with Gasteiger partial charge in [-0.15, -0.1) is 0 Å². The van der Waals surface area contributed by atoms with Crippen molar-refractivity contribution in [3.8, 4) is 0 Å². The Kier molecular flexibility index (Phi) is 3.43. The van der Waals surface area contributed by atoms with Crippen molar-refractivity contribution < 1.29 is 24.8 Å². The SMILES string of the molecule is CO[C@H]1C[C@@]2(O)C3C(C[C@H]1[C@@H]3O)[C@]13C4CC2[C@H]1NC[C@]4(CO)CC[C@@H]3OC.